The van der Waals surface area contributed by atoms with Crippen molar-refractivity contribution in [2.75, 3.05) is 19.3 Å². The van der Waals surface area contributed by atoms with Gasteiger partial charge in [0.25, 0.3) is 0 Å². The van der Waals surface area contributed by atoms with Crippen molar-refractivity contribution in [3.63, 3.8) is 0 Å². The van der Waals surface area contributed by atoms with Gasteiger partial charge in [0, 0.05) is 31.2 Å². The van der Waals surface area contributed by atoms with Crippen LogP contribution < -0.4 is 4.72 Å². The van der Waals surface area contributed by atoms with Crippen LogP contribution in [-0.2, 0) is 27.8 Å². The first kappa shape index (κ1) is 22.2. The van der Waals surface area contributed by atoms with Gasteiger partial charge in [-0.25, -0.2) is 22.5 Å². The number of hydrogen-bond acceptors (Lipinski definition) is 5. The van der Waals surface area contributed by atoms with Crippen molar-refractivity contribution in [3.8, 4) is 11.4 Å². The molecule has 3 heterocycles. The third-order valence-corrected chi connectivity index (χ3v) is 6.21. The van der Waals surface area contributed by atoms with Gasteiger partial charge in [0.1, 0.15) is 18.1 Å². The quantitative estimate of drug-likeness (QED) is 0.555. The lowest BCUT2D eigenvalue weighted by molar-refractivity contribution is -0.133. The monoisotopic (exact) mass is 460 g/mol. The minimum atomic E-state index is -3.27. The van der Waals surface area contributed by atoms with Gasteiger partial charge in [0.2, 0.25) is 15.9 Å². The normalized spacial score (nSPS) is 15.2. The number of halogens is 1. The molecule has 0 radical (unpaired) electrons. The number of likely N-dealkylation sites (tertiary alicyclic amines) is 1. The Morgan fingerprint density at radius 1 is 1.25 bits per heavy atom. The molecule has 1 saturated heterocycles. The van der Waals surface area contributed by atoms with E-state index in [4.69, 9.17) is 0 Å². The van der Waals surface area contributed by atoms with E-state index in [0.717, 1.165) is 23.2 Å². The standard InChI is InChI=1S/C21H25FN6O3S/c1-32(30,31)26-17-6-8-27(9-7-17)21(29)13-28-18(10-15-2-4-16(22)5-3-15)11-19(25-28)20-12-23-14-24-20/h2-5,11-12,14,17,26H,6-10,13H2,1H3,(H,23,24). The number of nitrogens with one attached hydrogen (secondary N) is 2. The number of carbonyl (C=O) groups is 1. The van der Waals surface area contributed by atoms with Crippen LogP contribution in [0.2, 0.25) is 0 Å². The molecule has 11 heteroatoms. The summed E-state index contributed by atoms with van der Waals surface area (Å²) >= 11 is 0. The van der Waals surface area contributed by atoms with Crippen LogP contribution in [0.15, 0.2) is 42.9 Å². The minimum absolute atomic E-state index is 0.0643. The van der Waals surface area contributed by atoms with Crippen LogP contribution in [-0.4, -0.2) is 64.4 Å². The second kappa shape index (κ2) is 9.21. The van der Waals surface area contributed by atoms with Gasteiger partial charge < -0.3 is 9.88 Å². The van der Waals surface area contributed by atoms with E-state index in [9.17, 15) is 17.6 Å². The second-order valence-electron chi connectivity index (χ2n) is 7.99. The molecule has 170 valence electrons. The average Bonchev–Trinajstić information content (AvgIpc) is 3.39. The minimum Gasteiger partial charge on any atom is -0.343 e. The third-order valence-electron chi connectivity index (χ3n) is 5.45. The fourth-order valence-electron chi connectivity index (χ4n) is 3.85. The Morgan fingerprint density at radius 2 is 1.97 bits per heavy atom. The molecule has 1 aliphatic rings. The van der Waals surface area contributed by atoms with E-state index in [-0.39, 0.29) is 24.3 Å². The van der Waals surface area contributed by atoms with E-state index >= 15 is 0 Å². The van der Waals surface area contributed by atoms with Gasteiger partial charge >= 0.3 is 0 Å². The summed E-state index contributed by atoms with van der Waals surface area (Å²) in [6.07, 6.45) is 6.00. The molecule has 4 rings (SSSR count). The van der Waals surface area contributed by atoms with Crippen molar-refractivity contribution < 1.29 is 17.6 Å². The van der Waals surface area contributed by atoms with Crippen molar-refractivity contribution in [1.29, 1.82) is 0 Å². The van der Waals surface area contributed by atoms with Gasteiger partial charge in [-0.2, -0.15) is 5.10 Å². The first-order chi connectivity index (χ1) is 15.3. The smallest absolute Gasteiger partial charge is 0.244 e. The highest BCUT2D eigenvalue weighted by atomic mass is 32.2. The molecule has 0 unspecified atom stereocenters. The highest BCUT2D eigenvalue weighted by molar-refractivity contribution is 7.88. The second-order valence-corrected chi connectivity index (χ2v) is 9.77. The van der Waals surface area contributed by atoms with Crippen molar-refractivity contribution in [1.82, 2.24) is 29.4 Å². The SMILES string of the molecule is CS(=O)(=O)NC1CCN(C(=O)Cn2nc(-c3cnc[nH]3)cc2Cc2ccc(F)cc2)CC1. The van der Waals surface area contributed by atoms with Gasteiger partial charge in [-0.15, -0.1) is 0 Å². The summed E-state index contributed by atoms with van der Waals surface area (Å²) in [6.45, 7) is 1.02. The summed E-state index contributed by atoms with van der Waals surface area (Å²) in [5.74, 6) is -0.383. The number of piperidine rings is 1. The molecule has 2 aromatic heterocycles. The maximum absolute atomic E-state index is 13.3. The van der Waals surface area contributed by atoms with Crippen LogP contribution in [0.25, 0.3) is 11.4 Å². The highest BCUT2D eigenvalue weighted by Gasteiger charge is 2.25. The molecule has 3 aromatic rings. The Hall–Kier alpha value is -3.05. The number of rotatable bonds is 7. The molecule has 2 N–H and O–H groups in total. The lowest BCUT2D eigenvalue weighted by Crippen LogP contribution is -2.47. The Balaban J connectivity index is 1.48. The van der Waals surface area contributed by atoms with E-state index in [2.05, 4.69) is 19.8 Å². The topological polar surface area (TPSA) is 113 Å². The molecule has 0 atom stereocenters. The Morgan fingerprint density at radius 3 is 2.59 bits per heavy atom. The zero-order valence-corrected chi connectivity index (χ0v) is 18.5. The fourth-order valence-corrected chi connectivity index (χ4v) is 4.69. The number of aromatic nitrogens is 4. The van der Waals surface area contributed by atoms with Crippen molar-refractivity contribution >= 4 is 15.9 Å². The highest BCUT2D eigenvalue weighted by Crippen LogP contribution is 2.20. The van der Waals surface area contributed by atoms with Gasteiger partial charge in [0.15, 0.2) is 0 Å². The number of benzene rings is 1. The first-order valence-electron chi connectivity index (χ1n) is 10.3. The Bertz CT molecular complexity index is 1170. The summed E-state index contributed by atoms with van der Waals surface area (Å²) in [4.78, 5) is 21.7. The van der Waals surface area contributed by atoms with Crippen LogP contribution in [0, 0.1) is 5.82 Å². The van der Waals surface area contributed by atoms with Gasteiger partial charge in [-0.3, -0.25) is 9.48 Å². The lowest BCUT2D eigenvalue weighted by atomic mass is 10.1. The molecule has 0 aliphatic carbocycles. The van der Waals surface area contributed by atoms with Crippen molar-refractivity contribution in [2.24, 2.45) is 0 Å². The fraction of sp³-hybridized carbons (Fsp3) is 0.381. The van der Waals surface area contributed by atoms with Crippen LogP contribution in [0.3, 0.4) is 0 Å². The Labute approximate surface area is 185 Å². The van der Waals surface area contributed by atoms with E-state index in [1.165, 1.54) is 12.1 Å². The molecule has 1 amide bonds. The summed E-state index contributed by atoms with van der Waals surface area (Å²) in [5.41, 5.74) is 3.14. The average molecular weight is 461 g/mol. The molecule has 0 spiro atoms. The van der Waals surface area contributed by atoms with Crippen LogP contribution in [0.4, 0.5) is 4.39 Å². The number of imidazole rings is 1. The predicted octanol–water partition coefficient (Wildman–Crippen LogP) is 1.54. The maximum Gasteiger partial charge on any atom is 0.244 e. The number of amides is 1. The van der Waals surface area contributed by atoms with E-state index < -0.39 is 10.0 Å². The van der Waals surface area contributed by atoms with Gasteiger partial charge in [-0.1, -0.05) is 12.1 Å². The third kappa shape index (κ3) is 5.60. The summed E-state index contributed by atoms with van der Waals surface area (Å²) < 4.78 is 40.4. The molecular formula is C21H25FN6O3S. The lowest BCUT2D eigenvalue weighted by Gasteiger charge is -2.32. The number of hydrogen-bond donors (Lipinski definition) is 2. The zero-order valence-electron chi connectivity index (χ0n) is 17.7. The van der Waals surface area contributed by atoms with E-state index in [0.29, 0.717) is 38.0 Å². The summed E-state index contributed by atoms with van der Waals surface area (Å²) in [6, 6.07) is 7.98. The molecule has 1 aliphatic heterocycles. The van der Waals surface area contributed by atoms with Crippen LogP contribution >= 0.6 is 0 Å². The Kier molecular flexibility index (Phi) is 6.38. The van der Waals surface area contributed by atoms with Crippen molar-refractivity contribution in [2.45, 2.75) is 31.8 Å². The van der Waals surface area contributed by atoms with Gasteiger partial charge in [-0.05, 0) is 36.6 Å². The molecule has 1 aromatic carbocycles. The molecule has 0 saturated carbocycles. The number of carbonyl (C=O) groups excluding carboxylic acids is 1. The molecule has 32 heavy (non-hydrogen) atoms. The first-order valence-corrected chi connectivity index (χ1v) is 12.2. The van der Waals surface area contributed by atoms with Crippen molar-refractivity contribution in [3.05, 3.63) is 59.9 Å². The van der Waals surface area contributed by atoms with Crippen LogP contribution in [0.1, 0.15) is 24.1 Å². The van der Waals surface area contributed by atoms with Gasteiger partial charge in [0.05, 0.1) is 24.5 Å². The summed E-state index contributed by atoms with van der Waals surface area (Å²) in [5, 5.41) is 4.60. The zero-order chi connectivity index (χ0) is 22.7. The van der Waals surface area contributed by atoms with E-state index in [1.54, 1.807) is 34.2 Å². The number of H-pyrrole nitrogens is 1. The van der Waals surface area contributed by atoms with E-state index in [1.807, 2.05) is 6.07 Å². The summed E-state index contributed by atoms with van der Waals surface area (Å²) in [7, 11) is -3.27. The molecule has 0 bridgehead atoms. The predicted molar refractivity (Wildman–Crippen MR) is 117 cm³/mol. The maximum atomic E-state index is 13.3. The van der Waals surface area contributed by atoms with Crippen LogP contribution in [0.5, 0.6) is 0 Å². The number of aromatic amines is 1. The number of nitrogens with zero attached hydrogens (tertiary/aromatic N) is 4. The largest absolute Gasteiger partial charge is 0.343 e. The molecular weight excluding hydrogens is 435 g/mol. The molecule has 1 fully saturated rings. The molecule has 9 nitrogen and oxygen atoms in total. The number of sulfonamides is 1.